The summed E-state index contributed by atoms with van der Waals surface area (Å²) in [4.78, 5) is 31.2. The van der Waals surface area contributed by atoms with Gasteiger partial charge in [-0.3, -0.25) is 14.2 Å². The summed E-state index contributed by atoms with van der Waals surface area (Å²) in [7, 11) is 0. The number of ether oxygens (including phenoxy) is 1. The molecule has 3 aromatic rings. The highest BCUT2D eigenvalue weighted by molar-refractivity contribution is 5.97. The highest BCUT2D eigenvalue weighted by Crippen LogP contribution is 2.27. The van der Waals surface area contributed by atoms with Gasteiger partial charge in [0.05, 0.1) is 18.6 Å². The molecular formula is C23H17F9N4O3. The fourth-order valence-corrected chi connectivity index (χ4v) is 3.98. The fourth-order valence-electron chi connectivity index (χ4n) is 3.98. The number of carbonyl (C=O) groups excluding carboxylic acids is 1. The normalized spacial score (nSPS) is 15.7. The number of anilines is 1. The molecule has 16 heteroatoms. The van der Waals surface area contributed by atoms with Gasteiger partial charge in [-0.25, -0.2) is 44.5 Å². The first-order chi connectivity index (χ1) is 18.4. The van der Waals surface area contributed by atoms with Crippen LogP contribution in [0.15, 0.2) is 29.2 Å². The molecule has 39 heavy (non-hydrogen) atoms. The Morgan fingerprint density at radius 3 is 2.10 bits per heavy atom. The summed E-state index contributed by atoms with van der Waals surface area (Å²) in [5, 5.41) is 0.495. The maximum Gasteiger partial charge on any atom is 0.271 e. The molecule has 2 unspecified atom stereocenters. The molecule has 1 amide bonds. The number of nitrogens with one attached hydrogen (secondary N) is 1. The largest absolute Gasteiger partial charge is 0.378 e. The second-order valence-corrected chi connectivity index (χ2v) is 8.34. The number of amides is 1. The Morgan fingerprint density at radius 1 is 0.923 bits per heavy atom. The van der Waals surface area contributed by atoms with Crippen molar-refractivity contribution >= 4 is 22.8 Å². The van der Waals surface area contributed by atoms with Crippen LogP contribution in [0.25, 0.3) is 16.7 Å². The highest BCUT2D eigenvalue weighted by Gasteiger charge is 2.38. The summed E-state index contributed by atoms with van der Waals surface area (Å²) >= 11 is 0. The van der Waals surface area contributed by atoms with Gasteiger partial charge in [0.1, 0.15) is 23.1 Å². The first-order valence-corrected chi connectivity index (χ1v) is 11.2. The van der Waals surface area contributed by atoms with Crippen LogP contribution in [0.1, 0.15) is 10.4 Å². The van der Waals surface area contributed by atoms with Gasteiger partial charge < -0.3 is 15.0 Å². The average Bonchev–Trinajstić information content (AvgIpc) is 2.87. The molecule has 1 aromatic carbocycles. The minimum atomic E-state index is -3.93. The van der Waals surface area contributed by atoms with E-state index in [1.807, 2.05) is 0 Å². The number of hydrogen-bond acceptors (Lipinski definition) is 5. The van der Waals surface area contributed by atoms with Crippen LogP contribution in [0.3, 0.4) is 0 Å². The summed E-state index contributed by atoms with van der Waals surface area (Å²) in [6.45, 7) is 0.628. The molecule has 2 atom stereocenters. The molecule has 3 heterocycles. The Labute approximate surface area is 212 Å². The van der Waals surface area contributed by atoms with E-state index in [4.69, 9.17) is 4.74 Å². The Kier molecular flexibility index (Phi) is 8.04. The molecule has 4 rings (SSSR count). The second kappa shape index (κ2) is 11.1. The molecule has 2 aromatic heterocycles. The van der Waals surface area contributed by atoms with Crippen molar-refractivity contribution in [3.05, 3.63) is 63.5 Å². The summed E-state index contributed by atoms with van der Waals surface area (Å²) in [6.07, 6.45) is -10.9. The zero-order chi connectivity index (χ0) is 28.6. The lowest BCUT2D eigenvalue weighted by molar-refractivity contribution is -0.0201. The number of aromatic nitrogens is 2. The lowest BCUT2D eigenvalue weighted by Crippen LogP contribution is -2.49. The number of halogens is 9. The first kappa shape index (κ1) is 28.2. The molecule has 210 valence electrons. The smallest absolute Gasteiger partial charge is 0.271 e. The molecular weight excluding hydrogens is 551 g/mol. The maximum absolute atomic E-state index is 15.0. The van der Waals surface area contributed by atoms with Crippen molar-refractivity contribution in [3.63, 3.8) is 0 Å². The van der Waals surface area contributed by atoms with Gasteiger partial charge in [0.15, 0.2) is 35.1 Å². The average molecular weight is 568 g/mol. The summed E-state index contributed by atoms with van der Waals surface area (Å²) in [5.41, 5.74) is -4.31. The molecule has 0 bridgehead atoms. The second-order valence-electron chi connectivity index (χ2n) is 8.34. The SMILES string of the molecule is O=C(NC(C(F)F)C(F)C(F)F)c1cn(-c2c(F)cc(F)cc2F)c2nc(N3CCOCC3)c(F)cc2c1=O. The van der Waals surface area contributed by atoms with E-state index < -0.39 is 82.0 Å². The van der Waals surface area contributed by atoms with E-state index in [1.165, 1.54) is 10.2 Å². The Hall–Kier alpha value is -3.82. The van der Waals surface area contributed by atoms with Crippen molar-refractivity contribution < 1.29 is 49.0 Å². The number of benzene rings is 1. The topological polar surface area (TPSA) is 76.5 Å². The van der Waals surface area contributed by atoms with Crippen LogP contribution in [-0.2, 0) is 4.74 Å². The first-order valence-electron chi connectivity index (χ1n) is 11.2. The van der Waals surface area contributed by atoms with Crippen molar-refractivity contribution in [2.45, 2.75) is 25.1 Å². The zero-order valence-corrected chi connectivity index (χ0v) is 19.4. The molecule has 0 spiro atoms. The van der Waals surface area contributed by atoms with Crippen LogP contribution in [0.5, 0.6) is 0 Å². The lowest BCUT2D eigenvalue weighted by atomic mass is 10.1. The van der Waals surface area contributed by atoms with Gasteiger partial charge in [0, 0.05) is 31.4 Å². The van der Waals surface area contributed by atoms with Crippen LogP contribution in [0, 0.1) is 23.3 Å². The standard InChI is InChI=1S/C23H17F9N4O3/c24-9-5-12(25)17(13(26)6-9)36-8-11(23(38)33-16(20(31)32)15(28)19(29)30)18(37)10-7-14(27)22(34-21(10)36)35-1-3-39-4-2-35/h5-8,15-16,19-20H,1-4H2,(H,33,38). The van der Waals surface area contributed by atoms with E-state index in [-0.39, 0.29) is 44.3 Å². The highest BCUT2D eigenvalue weighted by atomic mass is 19.3. The van der Waals surface area contributed by atoms with E-state index >= 15 is 4.39 Å². The summed E-state index contributed by atoms with van der Waals surface area (Å²) < 4.78 is 129. The van der Waals surface area contributed by atoms with Gasteiger partial charge in [-0.05, 0) is 6.07 Å². The Bertz CT molecular complexity index is 1440. The fraction of sp³-hybridized carbons (Fsp3) is 0.348. The van der Waals surface area contributed by atoms with E-state index in [9.17, 15) is 44.7 Å². The van der Waals surface area contributed by atoms with E-state index in [1.54, 1.807) is 0 Å². The lowest BCUT2D eigenvalue weighted by Gasteiger charge is -2.28. The predicted molar refractivity (Wildman–Crippen MR) is 118 cm³/mol. The number of rotatable bonds is 7. The quantitative estimate of drug-likeness (QED) is 0.440. The van der Waals surface area contributed by atoms with Crippen molar-refractivity contribution in [3.8, 4) is 5.69 Å². The number of pyridine rings is 2. The van der Waals surface area contributed by atoms with Gasteiger partial charge in [-0.15, -0.1) is 0 Å². The number of nitrogens with zero attached hydrogens (tertiary/aromatic N) is 3. The predicted octanol–water partition coefficient (Wildman–Crippen LogP) is 3.75. The molecule has 7 nitrogen and oxygen atoms in total. The Morgan fingerprint density at radius 2 is 1.54 bits per heavy atom. The molecule has 0 radical (unpaired) electrons. The summed E-state index contributed by atoms with van der Waals surface area (Å²) in [6, 6.07) is -2.00. The van der Waals surface area contributed by atoms with E-state index in [0.29, 0.717) is 16.8 Å². The number of alkyl halides is 5. The van der Waals surface area contributed by atoms with Gasteiger partial charge in [0.25, 0.3) is 18.8 Å². The third kappa shape index (κ3) is 5.51. The molecule has 1 aliphatic rings. The monoisotopic (exact) mass is 568 g/mol. The molecule has 1 fully saturated rings. The van der Waals surface area contributed by atoms with Gasteiger partial charge in [0.2, 0.25) is 5.43 Å². The number of carbonyl (C=O) groups is 1. The molecule has 0 saturated carbocycles. The van der Waals surface area contributed by atoms with Crippen molar-refractivity contribution in [1.82, 2.24) is 14.9 Å². The Balaban J connectivity index is 1.96. The van der Waals surface area contributed by atoms with E-state index in [0.717, 1.165) is 0 Å². The van der Waals surface area contributed by atoms with Crippen molar-refractivity contribution in [2.24, 2.45) is 0 Å². The molecule has 1 N–H and O–H groups in total. The van der Waals surface area contributed by atoms with Gasteiger partial charge in [-0.2, -0.15) is 0 Å². The third-order valence-electron chi connectivity index (χ3n) is 5.84. The molecule has 1 saturated heterocycles. The number of fused-ring (bicyclic) bond motifs is 1. The van der Waals surface area contributed by atoms with Crippen LogP contribution in [0.2, 0.25) is 0 Å². The molecule has 0 aliphatic carbocycles. The van der Waals surface area contributed by atoms with Gasteiger partial charge >= 0.3 is 0 Å². The minimum Gasteiger partial charge on any atom is -0.378 e. The minimum absolute atomic E-state index is 0.142. The molecule has 1 aliphatic heterocycles. The van der Waals surface area contributed by atoms with Crippen molar-refractivity contribution in [1.29, 1.82) is 0 Å². The van der Waals surface area contributed by atoms with E-state index in [2.05, 4.69) is 4.98 Å². The van der Waals surface area contributed by atoms with Crippen LogP contribution in [-0.4, -0.2) is 66.8 Å². The van der Waals surface area contributed by atoms with Gasteiger partial charge in [-0.1, -0.05) is 0 Å². The zero-order valence-electron chi connectivity index (χ0n) is 19.4. The number of morpholine rings is 1. The third-order valence-corrected chi connectivity index (χ3v) is 5.84. The van der Waals surface area contributed by atoms with Crippen LogP contribution < -0.4 is 15.6 Å². The number of hydrogen-bond donors (Lipinski definition) is 1. The van der Waals surface area contributed by atoms with Crippen molar-refractivity contribution in [2.75, 3.05) is 31.2 Å². The maximum atomic E-state index is 15.0. The van der Waals surface area contributed by atoms with Crippen LogP contribution >= 0.6 is 0 Å². The summed E-state index contributed by atoms with van der Waals surface area (Å²) in [5.74, 6) is -7.77. The van der Waals surface area contributed by atoms with Crippen LogP contribution in [0.4, 0.5) is 45.3 Å².